The van der Waals surface area contributed by atoms with E-state index < -0.39 is 5.97 Å². The Hall–Kier alpha value is -1.32. The van der Waals surface area contributed by atoms with Gasteiger partial charge in [-0.1, -0.05) is 0 Å². The van der Waals surface area contributed by atoms with Crippen LogP contribution in [0.25, 0.3) is 0 Å². The SMILES string of the molecule is CCn1cncc1[C@@H]1C[C@H]1C(=O)O. The lowest BCUT2D eigenvalue weighted by molar-refractivity contribution is -0.138. The Morgan fingerprint density at radius 1 is 1.85 bits per heavy atom. The number of carbonyl (C=O) groups is 1. The molecule has 1 aromatic rings. The van der Waals surface area contributed by atoms with E-state index in [2.05, 4.69) is 4.98 Å². The highest BCUT2D eigenvalue weighted by atomic mass is 16.4. The molecule has 1 aromatic heterocycles. The second kappa shape index (κ2) is 2.87. The lowest BCUT2D eigenvalue weighted by atomic mass is 10.2. The van der Waals surface area contributed by atoms with Crippen molar-refractivity contribution in [3.8, 4) is 0 Å². The summed E-state index contributed by atoms with van der Waals surface area (Å²) >= 11 is 0. The van der Waals surface area contributed by atoms with Crippen LogP contribution in [0, 0.1) is 5.92 Å². The molecule has 70 valence electrons. The predicted octanol–water partition coefficient (Wildman–Crippen LogP) is 1.09. The number of carboxylic acids is 1. The Kier molecular flexibility index (Phi) is 1.83. The summed E-state index contributed by atoms with van der Waals surface area (Å²) in [6.45, 7) is 2.89. The van der Waals surface area contributed by atoms with Crippen LogP contribution < -0.4 is 0 Å². The topological polar surface area (TPSA) is 55.1 Å². The van der Waals surface area contributed by atoms with Crippen LogP contribution in [0.5, 0.6) is 0 Å². The van der Waals surface area contributed by atoms with Crippen molar-refractivity contribution in [2.45, 2.75) is 25.8 Å². The summed E-state index contributed by atoms with van der Waals surface area (Å²) in [4.78, 5) is 14.7. The molecular weight excluding hydrogens is 168 g/mol. The van der Waals surface area contributed by atoms with Gasteiger partial charge in [0.1, 0.15) is 0 Å². The number of aromatic nitrogens is 2. The van der Waals surface area contributed by atoms with E-state index in [1.807, 2.05) is 11.5 Å². The maximum absolute atomic E-state index is 10.6. The number of carboxylic acid groups (broad SMARTS) is 1. The van der Waals surface area contributed by atoms with Gasteiger partial charge in [-0.3, -0.25) is 4.79 Å². The van der Waals surface area contributed by atoms with Crippen LogP contribution in [0.4, 0.5) is 0 Å². The van der Waals surface area contributed by atoms with E-state index in [1.54, 1.807) is 12.5 Å². The second-order valence-electron chi connectivity index (χ2n) is 3.39. The minimum absolute atomic E-state index is 0.179. The number of hydrogen-bond donors (Lipinski definition) is 1. The van der Waals surface area contributed by atoms with Gasteiger partial charge in [-0.25, -0.2) is 4.98 Å². The number of hydrogen-bond acceptors (Lipinski definition) is 2. The minimum atomic E-state index is -0.686. The molecule has 2 rings (SSSR count). The van der Waals surface area contributed by atoms with E-state index in [0.717, 1.165) is 18.7 Å². The summed E-state index contributed by atoms with van der Waals surface area (Å²) in [5.74, 6) is -0.671. The highest BCUT2D eigenvalue weighted by molar-refractivity contribution is 5.75. The first-order valence-electron chi connectivity index (χ1n) is 4.47. The molecule has 1 fully saturated rings. The van der Waals surface area contributed by atoms with E-state index in [1.165, 1.54) is 0 Å². The van der Waals surface area contributed by atoms with Crippen LogP contribution in [0.3, 0.4) is 0 Å². The monoisotopic (exact) mass is 180 g/mol. The Labute approximate surface area is 76.2 Å². The molecule has 0 bridgehead atoms. The minimum Gasteiger partial charge on any atom is -0.481 e. The molecule has 4 nitrogen and oxygen atoms in total. The first kappa shape index (κ1) is 8.29. The van der Waals surface area contributed by atoms with Crippen molar-refractivity contribution in [3.05, 3.63) is 18.2 Å². The van der Waals surface area contributed by atoms with E-state index in [9.17, 15) is 4.79 Å². The van der Waals surface area contributed by atoms with Crippen LogP contribution in [0.15, 0.2) is 12.5 Å². The summed E-state index contributed by atoms with van der Waals surface area (Å²) in [7, 11) is 0. The third kappa shape index (κ3) is 1.32. The zero-order chi connectivity index (χ0) is 9.42. The molecule has 2 atom stereocenters. The number of nitrogens with zero attached hydrogens (tertiary/aromatic N) is 2. The maximum Gasteiger partial charge on any atom is 0.307 e. The van der Waals surface area contributed by atoms with Gasteiger partial charge in [-0.05, 0) is 13.3 Å². The number of imidazole rings is 1. The van der Waals surface area contributed by atoms with Crippen molar-refractivity contribution in [2.75, 3.05) is 0 Å². The Bertz CT molecular complexity index is 332. The molecule has 1 saturated carbocycles. The first-order chi connectivity index (χ1) is 6.24. The fourth-order valence-electron chi connectivity index (χ4n) is 1.70. The van der Waals surface area contributed by atoms with Gasteiger partial charge >= 0.3 is 5.97 Å². The van der Waals surface area contributed by atoms with Crippen LogP contribution in [-0.4, -0.2) is 20.6 Å². The molecule has 0 aliphatic heterocycles. The zero-order valence-electron chi connectivity index (χ0n) is 7.47. The van der Waals surface area contributed by atoms with Crippen LogP contribution in [0.2, 0.25) is 0 Å². The summed E-state index contributed by atoms with van der Waals surface area (Å²) in [6.07, 6.45) is 4.30. The van der Waals surface area contributed by atoms with Gasteiger partial charge in [0.25, 0.3) is 0 Å². The van der Waals surface area contributed by atoms with Crippen molar-refractivity contribution in [1.82, 2.24) is 9.55 Å². The first-order valence-corrected chi connectivity index (χ1v) is 4.47. The van der Waals surface area contributed by atoms with Gasteiger partial charge in [-0.15, -0.1) is 0 Å². The van der Waals surface area contributed by atoms with Gasteiger partial charge in [0.2, 0.25) is 0 Å². The van der Waals surface area contributed by atoms with Crippen molar-refractivity contribution in [3.63, 3.8) is 0 Å². The molecule has 0 spiro atoms. The lowest BCUT2D eigenvalue weighted by Gasteiger charge is -2.02. The summed E-state index contributed by atoms with van der Waals surface area (Å²) in [5.41, 5.74) is 1.06. The van der Waals surface area contributed by atoms with Crippen molar-refractivity contribution >= 4 is 5.97 Å². The van der Waals surface area contributed by atoms with E-state index >= 15 is 0 Å². The standard InChI is InChI=1S/C9H12N2O2/c1-2-11-5-10-4-8(11)6-3-7(6)9(12)13/h4-7H,2-3H2,1H3,(H,12,13)/t6-,7-/m1/s1. The molecule has 13 heavy (non-hydrogen) atoms. The third-order valence-electron chi connectivity index (χ3n) is 2.57. The number of aliphatic carboxylic acids is 1. The molecule has 0 saturated heterocycles. The van der Waals surface area contributed by atoms with Gasteiger partial charge in [0, 0.05) is 24.4 Å². The largest absolute Gasteiger partial charge is 0.481 e. The lowest BCUT2D eigenvalue weighted by Crippen LogP contribution is -2.02. The number of aryl methyl sites for hydroxylation is 1. The predicted molar refractivity (Wildman–Crippen MR) is 46.4 cm³/mol. The summed E-state index contributed by atoms with van der Waals surface area (Å²) in [5, 5.41) is 8.76. The molecule has 0 radical (unpaired) electrons. The zero-order valence-corrected chi connectivity index (χ0v) is 7.47. The average molecular weight is 180 g/mol. The van der Waals surface area contributed by atoms with Crippen LogP contribution in [0.1, 0.15) is 25.0 Å². The Morgan fingerprint density at radius 2 is 2.62 bits per heavy atom. The summed E-state index contributed by atoms with van der Waals surface area (Å²) < 4.78 is 2.01. The normalized spacial score (nSPS) is 25.9. The molecule has 0 amide bonds. The average Bonchev–Trinajstić information content (AvgIpc) is 2.77. The van der Waals surface area contributed by atoms with E-state index in [-0.39, 0.29) is 11.8 Å². The van der Waals surface area contributed by atoms with Crippen LogP contribution in [-0.2, 0) is 11.3 Å². The fourth-order valence-corrected chi connectivity index (χ4v) is 1.70. The fraction of sp³-hybridized carbons (Fsp3) is 0.556. The molecule has 4 heteroatoms. The molecular formula is C9H12N2O2. The Balaban J connectivity index is 2.15. The Morgan fingerprint density at radius 3 is 3.15 bits per heavy atom. The van der Waals surface area contributed by atoms with E-state index in [0.29, 0.717) is 0 Å². The highest BCUT2D eigenvalue weighted by Crippen LogP contribution is 2.47. The second-order valence-corrected chi connectivity index (χ2v) is 3.39. The van der Waals surface area contributed by atoms with E-state index in [4.69, 9.17) is 5.11 Å². The number of rotatable bonds is 3. The molecule has 1 N–H and O–H groups in total. The maximum atomic E-state index is 10.6. The highest BCUT2D eigenvalue weighted by Gasteiger charge is 2.45. The van der Waals surface area contributed by atoms with Gasteiger partial charge in [0.05, 0.1) is 12.2 Å². The van der Waals surface area contributed by atoms with Crippen LogP contribution >= 0.6 is 0 Å². The molecule has 1 aliphatic rings. The van der Waals surface area contributed by atoms with Crippen molar-refractivity contribution in [2.24, 2.45) is 5.92 Å². The molecule has 1 aliphatic carbocycles. The third-order valence-corrected chi connectivity index (χ3v) is 2.57. The smallest absolute Gasteiger partial charge is 0.307 e. The van der Waals surface area contributed by atoms with Crippen molar-refractivity contribution in [1.29, 1.82) is 0 Å². The summed E-state index contributed by atoms with van der Waals surface area (Å²) in [6, 6.07) is 0. The van der Waals surface area contributed by atoms with Gasteiger partial charge in [-0.2, -0.15) is 0 Å². The molecule has 0 unspecified atom stereocenters. The molecule has 1 heterocycles. The van der Waals surface area contributed by atoms with Crippen molar-refractivity contribution < 1.29 is 9.90 Å². The van der Waals surface area contributed by atoms with Gasteiger partial charge < -0.3 is 9.67 Å². The molecule has 0 aromatic carbocycles. The van der Waals surface area contributed by atoms with Gasteiger partial charge in [0.15, 0.2) is 0 Å². The quantitative estimate of drug-likeness (QED) is 0.757.